The molecule has 0 atom stereocenters. The monoisotopic (exact) mass is 463 g/mol. The van der Waals surface area contributed by atoms with E-state index in [0.29, 0.717) is 16.6 Å². The van der Waals surface area contributed by atoms with E-state index < -0.39 is 16.5 Å². The topological polar surface area (TPSA) is 113 Å². The highest BCUT2D eigenvalue weighted by atomic mass is 35.5. The average molecular weight is 464 g/mol. The number of ether oxygens (including phenoxy) is 3. The van der Waals surface area contributed by atoms with Gasteiger partial charge in [-0.25, -0.2) is 4.98 Å². The maximum Gasteiger partial charge on any atom is 0.327 e. The van der Waals surface area contributed by atoms with Gasteiger partial charge in [0.1, 0.15) is 5.56 Å². The summed E-state index contributed by atoms with van der Waals surface area (Å²) < 4.78 is 15.5. The minimum atomic E-state index is -0.724. The maximum atomic E-state index is 12.9. The lowest BCUT2D eigenvalue weighted by Crippen LogP contribution is -2.15. The number of anilines is 1. The normalized spacial score (nSPS) is 10.5. The predicted molar refractivity (Wildman–Crippen MR) is 117 cm³/mol. The van der Waals surface area contributed by atoms with Gasteiger partial charge in [0, 0.05) is 28.6 Å². The Morgan fingerprint density at radius 1 is 1.16 bits per heavy atom. The molecule has 0 saturated heterocycles. The third-order valence-electron chi connectivity index (χ3n) is 4.30. The first kappa shape index (κ1) is 22.3. The number of carbonyl (C=O) groups excluding carboxylic acids is 1. The number of hydrogen-bond donors (Lipinski definition) is 1. The Kier molecular flexibility index (Phi) is 6.93. The molecule has 0 spiro atoms. The van der Waals surface area contributed by atoms with Crippen molar-refractivity contribution < 1.29 is 23.9 Å². The zero-order chi connectivity index (χ0) is 22.5. The number of nitro groups is 1. The quantitative estimate of drug-likeness (QED) is 0.384. The van der Waals surface area contributed by atoms with E-state index in [-0.39, 0.29) is 22.8 Å². The molecule has 2 aromatic carbocycles. The van der Waals surface area contributed by atoms with Crippen molar-refractivity contribution in [3.05, 3.63) is 67.7 Å². The number of nitrogens with zero attached hydrogens (tertiary/aromatic N) is 2. The van der Waals surface area contributed by atoms with Crippen LogP contribution in [0.15, 0.2) is 36.5 Å². The summed E-state index contributed by atoms with van der Waals surface area (Å²) >= 11 is 7.16. The number of amides is 1. The van der Waals surface area contributed by atoms with E-state index in [9.17, 15) is 14.9 Å². The molecular formula is C20H18ClN3O6S. The van der Waals surface area contributed by atoms with Crippen LogP contribution in [0.25, 0.3) is 0 Å². The van der Waals surface area contributed by atoms with Crippen LogP contribution in [0.4, 0.5) is 10.8 Å². The number of hydrogen-bond acceptors (Lipinski definition) is 8. The lowest BCUT2D eigenvalue weighted by atomic mass is 10.1. The molecule has 1 amide bonds. The van der Waals surface area contributed by atoms with E-state index in [2.05, 4.69) is 10.3 Å². The van der Waals surface area contributed by atoms with Gasteiger partial charge in [0.2, 0.25) is 11.5 Å². The second-order valence-electron chi connectivity index (χ2n) is 6.19. The highest BCUT2D eigenvalue weighted by molar-refractivity contribution is 7.15. The zero-order valence-electron chi connectivity index (χ0n) is 16.8. The molecule has 0 radical (unpaired) electrons. The van der Waals surface area contributed by atoms with E-state index in [0.717, 1.165) is 10.4 Å². The lowest BCUT2D eigenvalue weighted by Gasteiger charge is -2.14. The number of benzene rings is 2. The average Bonchev–Trinajstić information content (AvgIpc) is 3.19. The Hall–Kier alpha value is -3.37. The summed E-state index contributed by atoms with van der Waals surface area (Å²) in [5.74, 6) is -0.789. The minimum absolute atomic E-state index is 0.0211. The Labute approximate surface area is 186 Å². The van der Waals surface area contributed by atoms with Crippen LogP contribution in [-0.4, -0.2) is 37.1 Å². The molecule has 0 saturated carbocycles. The molecule has 0 aliphatic rings. The molecule has 31 heavy (non-hydrogen) atoms. The van der Waals surface area contributed by atoms with Crippen molar-refractivity contribution in [2.24, 2.45) is 0 Å². The van der Waals surface area contributed by atoms with Crippen LogP contribution in [0.1, 0.15) is 20.8 Å². The van der Waals surface area contributed by atoms with Crippen molar-refractivity contribution in [3.8, 4) is 17.2 Å². The summed E-state index contributed by atoms with van der Waals surface area (Å²) in [4.78, 5) is 28.9. The molecule has 3 rings (SSSR count). The Bertz CT molecular complexity index is 1120. The first-order valence-electron chi connectivity index (χ1n) is 8.85. The Morgan fingerprint density at radius 3 is 2.42 bits per heavy atom. The van der Waals surface area contributed by atoms with E-state index >= 15 is 0 Å². The second-order valence-corrected chi connectivity index (χ2v) is 7.74. The summed E-state index contributed by atoms with van der Waals surface area (Å²) in [7, 11) is 3.92. The molecule has 0 aliphatic carbocycles. The van der Waals surface area contributed by atoms with Gasteiger partial charge in [0.25, 0.3) is 5.91 Å². The van der Waals surface area contributed by atoms with Gasteiger partial charge >= 0.3 is 5.69 Å². The van der Waals surface area contributed by atoms with Gasteiger partial charge in [-0.1, -0.05) is 23.7 Å². The molecule has 9 nitrogen and oxygen atoms in total. The van der Waals surface area contributed by atoms with Gasteiger partial charge in [0.15, 0.2) is 10.9 Å². The molecule has 1 N–H and O–H groups in total. The molecule has 1 heterocycles. The molecule has 0 unspecified atom stereocenters. The number of rotatable bonds is 8. The van der Waals surface area contributed by atoms with Crippen LogP contribution in [0, 0.1) is 10.1 Å². The fourth-order valence-electron chi connectivity index (χ4n) is 2.91. The van der Waals surface area contributed by atoms with Gasteiger partial charge in [-0.3, -0.25) is 20.2 Å². The van der Waals surface area contributed by atoms with E-state index in [4.69, 9.17) is 25.8 Å². The van der Waals surface area contributed by atoms with Gasteiger partial charge in [-0.15, -0.1) is 11.3 Å². The predicted octanol–water partition coefficient (Wildman–Crippen LogP) is 4.57. The van der Waals surface area contributed by atoms with Crippen LogP contribution >= 0.6 is 22.9 Å². The number of nitrogens with one attached hydrogen (secondary N) is 1. The van der Waals surface area contributed by atoms with E-state index in [1.54, 1.807) is 18.3 Å². The molecule has 0 bridgehead atoms. The van der Waals surface area contributed by atoms with Gasteiger partial charge in [-0.05, 0) is 17.7 Å². The standard InChI is InChI=1S/C20H18ClN3O6S/c1-28-15-9-14(16(24(26)27)18(30-3)17(15)29-2)19(25)23-20-22-10-13(31-20)8-11-4-6-12(21)7-5-11/h4-7,9-10H,8H2,1-3H3,(H,22,23,25). The van der Waals surface area contributed by atoms with Gasteiger partial charge < -0.3 is 14.2 Å². The van der Waals surface area contributed by atoms with Crippen LogP contribution in [0.2, 0.25) is 5.02 Å². The largest absolute Gasteiger partial charge is 0.493 e. The first-order chi connectivity index (χ1) is 14.9. The summed E-state index contributed by atoms with van der Waals surface area (Å²) in [5, 5.41) is 15.2. The zero-order valence-corrected chi connectivity index (χ0v) is 18.4. The van der Waals surface area contributed by atoms with Gasteiger partial charge in [0.05, 0.1) is 26.3 Å². The fourth-order valence-corrected chi connectivity index (χ4v) is 3.88. The molecule has 162 valence electrons. The van der Waals surface area contributed by atoms with Crippen LogP contribution in [0.3, 0.4) is 0 Å². The van der Waals surface area contributed by atoms with Crippen molar-refractivity contribution in [2.75, 3.05) is 26.6 Å². The number of carbonyl (C=O) groups is 1. The van der Waals surface area contributed by atoms with Crippen LogP contribution in [0.5, 0.6) is 17.2 Å². The first-order valence-corrected chi connectivity index (χ1v) is 10.0. The number of thiazole rings is 1. The smallest absolute Gasteiger partial charge is 0.327 e. The van der Waals surface area contributed by atoms with E-state index in [1.807, 2.05) is 12.1 Å². The highest BCUT2D eigenvalue weighted by Gasteiger charge is 2.32. The Balaban J connectivity index is 1.89. The maximum absolute atomic E-state index is 12.9. The molecule has 11 heteroatoms. The van der Waals surface area contributed by atoms with Crippen LogP contribution in [-0.2, 0) is 6.42 Å². The molecular weight excluding hydrogens is 446 g/mol. The van der Waals surface area contributed by atoms with Crippen molar-refractivity contribution in [2.45, 2.75) is 6.42 Å². The molecule has 0 aliphatic heterocycles. The number of nitro benzene ring substituents is 1. The summed E-state index contributed by atoms with van der Waals surface area (Å²) in [5.41, 5.74) is 0.260. The van der Waals surface area contributed by atoms with Crippen molar-refractivity contribution in [1.29, 1.82) is 0 Å². The minimum Gasteiger partial charge on any atom is -0.493 e. The van der Waals surface area contributed by atoms with E-state index in [1.165, 1.54) is 38.7 Å². The van der Waals surface area contributed by atoms with Crippen molar-refractivity contribution in [3.63, 3.8) is 0 Å². The number of methoxy groups -OCH3 is 3. The molecule has 0 fully saturated rings. The van der Waals surface area contributed by atoms with Gasteiger partial charge in [-0.2, -0.15) is 0 Å². The highest BCUT2D eigenvalue weighted by Crippen LogP contribution is 2.46. The SMILES string of the molecule is COc1cc(C(=O)Nc2ncc(Cc3ccc(Cl)cc3)s2)c([N+](=O)[O-])c(OC)c1OC. The molecule has 1 aromatic heterocycles. The van der Waals surface area contributed by atoms with Crippen molar-refractivity contribution in [1.82, 2.24) is 4.98 Å². The third kappa shape index (κ3) is 4.86. The summed E-state index contributed by atoms with van der Waals surface area (Å²) in [6, 6.07) is 8.63. The Morgan fingerprint density at radius 2 is 1.84 bits per heavy atom. The molecule has 3 aromatic rings. The second kappa shape index (κ2) is 9.63. The summed E-state index contributed by atoms with van der Waals surface area (Å²) in [6.45, 7) is 0. The van der Waals surface area contributed by atoms with Crippen molar-refractivity contribution >= 4 is 39.7 Å². The number of aromatic nitrogens is 1. The fraction of sp³-hybridized carbons (Fsp3) is 0.200. The summed E-state index contributed by atoms with van der Waals surface area (Å²) in [6.07, 6.45) is 2.24. The van der Waals surface area contributed by atoms with Crippen LogP contribution < -0.4 is 19.5 Å². The lowest BCUT2D eigenvalue weighted by molar-refractivity contribution is -0.386. The third-order valence-corrected chi connectivity index (χ3v) is 5.46. The number of halogens is 1.